The molecule has 0 aliphatic heterocycles. The minimum Gasteiger partial charge on any atom is -0.373 e. The maximum absolute atomic E-state index is 9.64. The van der Waals surface area contributed by atoms with Gasteiger partial charge in [-0.3, -0.25) is 10.3 Å². The lowest BCUT2D eigenvalue weighted by atomic mass is 10.3. The van der Waals surface area contributed by atoms with Gasteiger partial charge in [-0.1, -0.05) is 0 Å². The zero-order valence-corrected chi connectivity index (χ0v) is 10.8. The second-order valence-electron chi connectivity index (χ2n) is 4.29. The molecule has 0 aliphatic carbocycles. The van der Waals surface area contributed by atoms with Crippen LogP contribution in [0.4, 0.5) is 11.6 Å². The number of aliphatic hydroxyl groups is 1. The van der Waals surface area contributed by atoms with Crippen LogP contribution in [0, 0.1) is 0 Å². The molecule has 0 radical (unpaired) electrons. The number of hydrogen-bond acceptors (Lipinski definition) is 6. The molecule has 0 aliphatic rings. The Morgan fingerprint density at radius 3 is 3.10 bits per heavy atom. The molecule has 3 heterocycles. The minimum atomic E-state index is -0.728. The number of aromatic amines is 1. The Kier molecular flexibility index (Phi) is 3.28. The first-order valence-corrected chi connectivity index (χ1v) is 6.14. The largest absolute Gasteiger partial charge is 0.373 e. The second-order valence-corrected chi connectivity index (χ2v) is 4.29. The first-order valence-electron chi connectivity index (χ1n) is 6.14. The van der Waals surface area contributed by atoms with Crippen LogP contribution in [0.3, 0.4) is 0 Å². The van der Waals surface area contributed by atoms with E-state index >= 15 is 0 Å². The molecular weight excluding hydrogens is 256 g/mol. The number of rotatable bonds is 4. The molecule has 7 heteroatoms. The lowest BCUT2D eigenvalue weighted by molar-refractivity contribution is 0.145. The van der Waals surface area contributed by atoms with Crippen LogP contribution in [0.1, 0.15) is 11.9 Å². The molecule has 0 saturated heterocycles. The van der Waals surface area contributed by atoms with Crippen molar-refractivity contribution in [3.8, 4) is 0 Å². The number of H-pyrrole nitrogens is 1. The molecule has 1 atom stereocenters. The van der Waals surface area contributed by atoms with E-state index in [0.717, 1.165) is 16.6 Å². The summed E-state index contributed by atoms with van der Waals surface area (Å²) in [6, 6.07) is 3.62. The van der Waals surface area contributed by atoms with Crippen LogP contribution in [0.25, 0.3) is 10.9 Å². The fourth-order valence-corrected chi connectivity index (χ4v) is 1.86. The van der Waals surface area contributed by atoms with Gasteiger partial charge in [0.05, 0.1) is 16.9 Å². The standard InChI is InChI=1S/C13H14N6O/c1-14-12(20)11-4-9(7-16-11)18-13-17-6-8-5-15-3-2-10(8)19-13/h2-7,12,14,16,20H,1H3,(H,17,18,19). The maximum Gasteiger partial charge on any atom is 0.227 e. The van der Waals surface area contributed by atoms with Crippen molar-refractivity contribution in [2.24, 2.45) is 0 Å². The molecule has 102 valence electrons. The normalized spacial score (nSPS) is 12.5. The van der Waals surface area contributed by atoms with E-state index in [4.69, 9.17) is 0 Å². The van der Waals surface area contributed by atoms with Crippen LogP contribution < -0.4 is 10.6 Å². The Hall–Kier alpha value is -2.51. The van der Waals surface area contributed by atoms with E-state index < -0.39 is 6.23 Å². The van der Waals surface area contributed by atoms with Crippen molar-refractivity contribution >= 4 is 22.5 Å². The molecule has 7 nitrogen and oxygen atoms in total. The highest BCUT2D eigenvalue weighted by molar-refractivity contribution is 5.77. The summed E-state index contributed by atoms with van der Waals surface area (Å²) in [5.74, 6) is 0.494. The first kappa shape index (κ1) is 12.5. The minimum absolute atomic E-state index is 0.494. The van der Waals surface area contributed by atoms with Crippen molar-refractivity contribution in [1.82, 2.24) is 25.3 Å². The van der Waals surface area contributed by atoms with Gasteiger partial charge in [0.15, 0.2) is 0 Å². The number of anilines is 2. The number of nitrogens with one attached hydrogen (secondary N) is 3. The van der Waals surface area contributed by atoms with Crippen LogP contribution in [0.5, 0.6) is 0 Å². The van der Waals surface area contributed by atoms with E-state index in [1.807, 2.05) is 6.07 Å². The quantitative estimate of drug-likeness (QED) is 0.533. The van der Waals surface area contributed by atoms with Gasteiger partial charge >= 0.3 is 0 Å². The Bertz CT molecular complexity index is 725. The third-order valence-electron chi connectivity index (χ3n) is 2.91. The summed E-state index contributed by atoms with van der Waals surface area (Å²) >= 11 is 0. The fourth-order valence-electron chi connectivity index (χ4n) is 1.86. The van der Waals surface area contributed by atoms with Crippen LogP contribution >= 0.6 is 0 Å². The average Bonchev–Trinajstić information content (AvgIpc) is 2.95. The maximum atomic E-state index is 9.64. The molecule has 0 spiro atoms. The summed E-state index contributed by atoms with van der Waals surface area (Å²) in [4.78, 5) is 15.6. The van der Waals surface area contributed by atoms with Crippen molar-refractivity contribution in [1.29, 1.82) is 0 Å². The summed E-state index contributed by atoms with van der Waals surface area (Å²) in [6.07, 6.45) is 6.14. The molecule has 3 aromatic rings. The summed E-state index contributed by atoms with van der Waals surface area (Å²) in [6.45, 7) is 0. The van der Waals surface area contributed by atoms with Gasteiger partial charge in [0, 0.05) is 30.2 Å². The van der Waals surface area contributed by atoms with Gasteiger partial charge in [0.1, 0.15) is 6.23 Å². The van der Waals surface area contributed by atoms with Gasteiger partial charge < -0.3 is 15.4 Å². The number of pyridine rings is 1. The number of hydrogen-bond donors (Lipinski definition) is 4. The van der Waals surface area contributed by atoms with Crippen molar-refractivity contribution in [3.05, 3.63) is 42.6 Å². The van der Waals surface area contributed by atoms with Crippen LogP contribution in [-0.2, 0) is 0 Å². The van der Waals surface area contributed by atoms with Crippen molar-refractivity contribution in [2.45, 2.75) is 6.23 Å². The van der Waals surface area contributed by atoms with Crippen molar-refractivity contribution < 1.29 is 5.11 Å². The summed E-state index contributed by atoms with van der Waals surface area (Å²) < 4.78 is 0. The molecular formula is C13H14N6O. The number of aliphatic hydroxyl groups excluding tert-OH is 1. The van der Waals surface area contributed by atoms with Gasteiger partial charge in [-0.25, -0.2) is 9.97 Å². The summed E-state index contributed by atoms with van der Waals surface area (Å²) in [5.41, 5.74) is 2.27. The lowest BCUT2D eigenvalue weighted by Gasteiger charge is -2.05. The van der Waals surface area contributed by atoms with E-state index in [-0.39, 0.29) is 0 Å². The van der Waals surface area contributed by atoms with Crippen LogP contribution in [0.2, 0.25) is 0 Å². The van der Waals surface area contributed by atoms with Crippen LogP contribution in [0.15, 0.2) is 36.9 Å². The molecule has 4 N–H and O–H groups in total. The molecule has 3 aromatic heterocycles. The smallest absolute Gasteiger partial charge is 0.227 e. The first-order chi connectivity index (χ1) is 9.76. The zero-order valence-electron chi connectivity index (χ0n) is 10.8. The third kappa shape index (κ3) is 2.44. The highest BCUT2D eigenvalue weighted by Crippen LogP contribution is 2.18. The Morgan fingerprint density at radius 2 is 2.25 bits per heavy atom. The van der Waals surface area contributed by atoms with Crippen LogP contribution in [-0.4, -0.2) is 32.1 Å². The number of aromatic nitrogens is 4. The lowest BCUT2D eigenvalue weighted by Crippen LogP contribution is -2.15. The molecule has 20 heavy (non-hydrogen) atoms. The van der Waals surface area contributed by atoms with E-state index in [2.05, 4.69) is 30.6 Å². The average molecular weight is 270 g/mol. The summed E-state index contributed by atoms with van der Waals surface area (Å²) in [7, 11) is 1.68. The molecule has 0 amide bonds. The highest BCUT2D eigenvalue weighted by atomic mass is 16.3. The van der Waals surface area contributed by atoms with Gasteiger partial charge in [0.2, 0.25) is 5.95 Å². The molecule has 0 fully saturated rings. The fraction of sp³-hybridized carbons (Fsp3) is 0.154. The molecule has 0 saturated carbocycles. The second kappa shape index (κ2) is 5.24. The molecule has 1 unspecified atom stereocenters. The SMILES string of the molecule is CNC(O)c1cc(Nc2ncc3cnccc3n2)c[nH]1. The monoisotopic (exact) mass is 270 g/mol. The number of nitrogens with zero attached hydrogens (tertiary/aromatic N) is 3. The highest BCUT2D eigenvalue weighted by Gasteiger charge is 2.08. The third-order valence-corrected chi connectivity index (χ3v) is 2.91. The Labute approximate surface area is 115 Å². The van der Waals surface area contributed by atoms with Crippen molar-refractivity contribution in [2.75, 3.05) is 12.4 Å². The van der Waals surface area contributed by atoms with Gasteiger partial charge in [-0.15, -0.1) is 0 Å². The zero-order chi connectivity index (χ0) is 13.9. The van der Waals surface area contributed by atoms with Crippen molar-refractivity contribution in [3.63, 3.8) is 0 Å². The Morgan fingerprint density at radius 1 is 1.35 bits per heavy atom. The summed E-state index contributed by atoms with van der Waals surface area (Å²) in [5, 5.41) is 16.4. The molecule has 3 rings (SSSR count). The van der Waals surface area contributed by atoms with E-state index in [1.165, 1.54) is 0 Å². The van der Waals surface area contributed by atoms with E-state index in [1.54, 1.807) is 37.9 Å². The number of fused-ring (bicyclic) bond motifs is 1. The van der Waals surface area contributed by atoms with Gasteiger partial charge in [-0.2, -0.15) is 0 Å². The predicted molar refractivity (Wildman–Crippen MR) is 75.4 cm³/mol. The van der Waals surface area contributed by atoms with E-state index in [9.17, 15) is 5.11 Å². The van der Waals surface area contributed by atoms with E-state index in [0.29, 0.717) is 11.6 Å². The van der Waals surface area contributed by atoms with Gasteiger partial charge in [-0.05, 0) is 19.2 Å². The Balaban J connectivity index is 1.83. The molecule has 0 aromatic carbocycles. The van der Waals surface area contributed by atoms with Gasteiger partial charge in [0.25, 0.3) is 0 Å². The topological polar surface area (TPSA) is 98.8 Å². The predicted octanol–water partition coefficient (Wildman–Crippen LogP) is 1.31. The molecule has 0 bridgehead atoms.